The van der Waals surface area contributed by atoms with Crippen molar-refractivity contribution in [2.75, 3.05) is 13.2 Å². The number of aromatic nitrogens is 4. The van der Waals surface area contributed by atoms with Crippen LogP contribution in [0.5, 0.6) is 0 Å². The predicted molar refractivity (Wildman–Crippen MR) is 63.4 cm³/mol. The van der Waals surface area contributed by atoms with E-state index in [1.54, 1.807) is 0 Å². The van der Waals surface area contributed by atoms with Crippen molar-refractivity contribution in [2.24, 2.45) is 7.05 Å². The number of aliphatic hydroxyl groups excluding tert-OH is 2. The molecule has 8 nitrogen and oxygen atoms in total. The van der Waals surface area contributed by atoms with E-state index >= 15 is 0 Å². The number of fused-ring (bicyclic) bond motifs is 1. The van der Waals surface area contributed by atoms with E-state index < -0.39 is 11.2 Å². The molecule has 0 aliphatic carbocycles. The standard InChI is InChI=1S/C10H14N4O4/c1-12-8-7(13(2-4-15)6-11-8)9(17)14(3-5-16)10(12)18/h6,15-16H,2-5H2,1H3. The van der Waals surface area contributed by atoms with Gasteiger partial charge in [-0.3, -0.25) is 13.9 Å². The van der Waals surface area contributed by atoms with Crippen LogP contribution >= 0.6 is 0 Å². The van der Waals surface area contributed by atoms with Crippen molar-refractivity contribution in [1.82, 2.24) is 18.7 Å². The van der Waals surface area contributed by atoms with Crippen LogP contribution < -0.4 is 11.2 Å². The summed E-state index contributed by atoms with van der Waals surface area (Å²) in [5, 5.41) is 17.8. The van der Waals surface area contributed by atoms with Gasteiger partial charge in [-0.15, -0.1) is 0 Å². The third-order valence-corrected chi connectivity index (χ3v) is 2.77. The van der Waals surface area contributed by atoms with Gasteiger partial charge < -0.3 is 14.8 Å². The molecule has 2 aromatic heterocycles. The summed E-state index contributed by atoms with van der Waals surface area (Å²) >= 11 is 0. The van der Waals surface area contributed by atoms with Gasteiger partial charge in [-0.2, -0.15) is 0 Å². The Hall–Kier alpha value is -1.93. The first-order chi connectivity index (χ1) is 8.61. The lowest BCUT2D eigenvalue weighted by molar-refractivity contribution is 0.270. The molecule has 0 spiro atoms. The van der Waals surface area contributed by atoms with Crippen molar-refractivity contribution in [2.45, 2.75) is 13.1 Å². The SMILES string of the molecule is Cn1c(=O)n(CCO)c(=O)c2c1ncn2CCO. The lowest BCUT2D eigenvalue weighted by atomic mass is 10.4. The summed E-state index contributed by atoms with van der Waals surface area (Å²) in [5.41, 5.74) is -0.504. The Labute approximate surface area is 101 Å². The van der Waals surface area contributed by atoms with Gasteiger partial charge in [0.25, 0.3) is 5.56 Å². The van der Waals surface area contributed by atoms with E-state index in [1.165, 1.54) is 22.5 Å². The second kappa shape index (κ2) is 4.75. The highest BCUT2D eigenvalue weighted by Crippen LogP contribution is 2.04. The summed E-state index contributed by atoms with van der Waals surface area (Å²) in [5.74, 6) is 0. The maximum absolute atomic E-state index is 12.1. The van der Waals surface area contributed by atoms with Crippen LogP contribution in [0.4, 0.5) is 0 Å². The van der Waals surface area contributed by atoms with Gasteiger partial charge >= 0.3 is 5.69 Å². The smallest absolute Gasteiger partial charge is 0.332 e. The largest absolute Gasteiger partial charge is 0.395 e. The van der Waals surface area contributed by atoms with E-state index in [9.17, 15) is 9.59 Å². The molecule has 2 aromatic rings. The maximum atomic E-state index is 12.1. The molecular weight excluding hydrogens is 240 g/mol. The zero-order valence-electron chi connectivity index (χ0n) is 9.91. The topological polar surface area (TPSA) is 102 Å². The molecule has 0 aliphatic heterocycles. The minimum atomic E-state index is -0.518. The summed E-state index contributed by atoms with van der Waals surface area (Å²) < 4.78 is 3.70. The van der Waals surface area contributed by atoms with Gasteiger partial charge in [0, 0.05) is 13.6 Å². The molecule has 0 bridgehead atoms. The molecule has 2 rings (SSSR count). The normalized spacial score (nSPS) is 11.3. The first kappa shape index (κ1) is 12.5. The number of hydrogen-bond acceptors (Lipinski definition) is 5. The molecule has 0 aromatic carbocycles. The fraction of sp³-hybridized carbons (Fsp3) is 0.500. The summed E-state index contributed by atoms with van der Waals surface area (Å²) in [6, 6.07) is 0. The Kier molecular flexibility index (Phi) is 3.30. The van der Waals surface area contributed by atoms with Gasteiger partial charge in [-0.25, -0.2) is 9.78 Å². The van der Waals surface area contributed by atoms with Crippen LogP contribution in [0.15, 0.2) is 15.9 Å². The average Bonchev–Trinajstić information content (AvgIpc) is 2.76. The third-order valence-electron chi connectivity index (χ3n) is 2.77. The van der Waals surface area contributed by atoms with Crippen molar-refractivity contribution in [3.8, 4) is 0 Å². The zero-order valence-corrected chi connectivity index (χ0v) is 9.91. The molecule has 0 atom stereocenters. The van der Waals surface area contributed by atoms with Gasteiger partial charge in [-0.05, 0) is 0 Å². The quantitative estimate of drug-likeness (QED) is 0.649. The highest BCUT2D eigenvalue weighted by atomic mass is 16.3. The number of hydrogen-bond donors (Lipinski definition) is 2. The van der Waals surface area contributed by atoms with E-state index in [4.69, 9.17) is 10.2 Å². The molecule has 8 heteroatoms. The molecule has 0 saturated heterocycles. The minimum Gasteiger partial charge on any atom is -0.395 e. The molecule has 18 heavy (non-hydrogen) atoms. The van der Waals surface area contributed by atoms with E-state index in [1.807, 2.05) is 0 Å². The molecule has 0 unspecified atom stereocenters. The molecular formula is C10H14N4O4. The Balaban J connectivity index is 2.84. The molecule has 0 aliphatic rings. The Morgan fingerprint density at radius 3 is 2.50 bits per heavy atom. The number of nitrogens with zero attached hydrogens (tertiary/aromatic N) is 4. The van der Waals surface area contributed by atoms with Crippen molar-refractivity contribution < 1.29 is 10.2 Å². The van der Waals surface area contributed by atoms with Gasteiger partial charge in [0.1, 0.15) is 0 Å². The van der Waals surface area contributed by atoms with E-state index in [-0.39, 0.29) is 37.5 Å². The van der Waals surface area contributed by atoms with Crippen LogP contribution in [0.3, 0.4) is 0 Å². The highest BCUT2D eigenvalue weighted by molar-refractivity contribution is 5.69. The fourth-order valence-corrected chi connectivity index (χ4v) is 1.90. The van der Waals surface area contributed by atoms with E-state index in [2.05, 4.69) is 4.98 Å². The zero-order chi connectivity index (χ0) is 13.3. The van der Waals surface area contributed by atoms with Crippen molar-refractivity contribution >= 4 is 11.2 Å². The second-order valence-corrected chi connectivity index (χ2v) is 3.86. The van der Waals surface area contributed by atoms with Crippen LogP contribution in [0.1, 0.15) is 0 Å². The molecule has 0 radical (unpaired) electrons. The lowest BCUT2D eigenvalue weighted by Gasteiger charge is -2.07. The van der Waals surface area contributed by atoms with Gasteiger partial charge in [-0.1, -0.05) is 0 Å². The summed E-state index contributed by atoms with van der Waals surface area (Å²) in [4.78, 5) is 28.0. The third kappa shape index (κ3) is 1.75. The van der Waals surface area contributed by atoms with Crippen LogP contribution in [0, 0.1) is 0 Å². The van der Waals surface area contributed by atoms with Crippen molar-refractivity contribution in [1.29, 1.82) is 0 Å². The predicted octanol–water partition coefficient (Wildman–Crippen LogP) is -2.12. The molecule has 98 valence electrons. The summed E-state index contributed by atoms with van der Waals surface area (Å²) in [6.45, 7) is -0.267. The van der Waals surface area contributed by atoms with Crippen molar-refractivity contribution in [3.63, 3.8) is 0 Å². The van der Waals surface area contributed by atoms with Gasteiger partial charge in [0.15, 0.2) is 11.2 Å². The monoisotopic (exact) mass is 254 g/mol. The van der Waals surface area contributed by atoms with Crippen LogP contribution in [-0.4, -0.2) is 42.1 Å². The Morgan fingerprint density at radius 1 is 1.22 bits per heavy atom. The maximum Gasteiger partial charge on any atom is 0.332 e. The average molecular weight is 254 g/mol. The van der Waals surface area contributed by atoms with Gasteiger partial charge in [0.05, 0.1) is 26.1 Å². The first-order valence-electron chi connectivity index (χ1n) is 5.48. The number of aryl methyl sites for hydroxylation is 1. The van der Waals surface area contributed by atoms with E-state index in [0.717, 1.165) is 4.57 Å². The lowest BCUT2D eigenvalue weighted by Crippen LogP contribution is -2.40. The van der Waals surface area contributed by atoms with E-state index in [0.29, 0.717) is 0 Å². The van der Waals surface area contributed by atoms with Crippen LogP contribution in [0.2, 0.25) is 0 Å². The second-order valence-electron chi connectivity index (χ2n) is 3.86. The number of imidazole rings is 1. The fourth-order valence-electron chi connectivity index (χ4n) is 1.90. The minimum absolute atomic E-state index is 0.0637. The molecule has 0 fully saturated rings. The Bertz CT molecular complexity index is 681. The van der Waals surface area contributed by atoms with Crippen molar-refractivity contribution in [3.05, 3.63) is 27.2 Å². The van der Waals surface area contributed by atoms with Crippen LogP contribution in [0.25, 0.3) is 11.2 Å². The molecule has 0 amide bonds. The molecule has 2 N–H and O–H groups in total. The highest BCUT2D eigenvalue weighted by Gasteiger charge is 2.15. The number of aliphatic hydroxyl groups is 2. The molecule has 2 heterocycles. The molecule has 0 saturated carbocycles. The van der Waals surface area contributed by atoms with Gasteiger partial charge in [0.2, 0.25) is 0 Å². The first-order valence-corrected chi connectivity index (χ1v) is 5.48. The Morgan fingerprint density at radius 2 is 1.89 bits per heavy atom. The summed E-state index contributed by atoms with van der Waals surface area (Å²) in [7, 11) is 1.51. The summed E-state index contributed by atoms with van der Waals surface area (Å²) in [6.07, 6.45) is 1.41. The number of rotatable bonds is 4. The van der Waals surface area contributed by atoms with Crippen LogP contribution in [-0.2, 0) is 20.1 Å².